The van der Waals surface area contributed by atoms with Crippen LogP contribution in [-0.2, 0) is 16.1 Å². The molecule has 0 spiro atoms. The van der Waals surface area contributed by atoms with Gasteiger partial charge in [0.05, 0.1) is 14.2 Å². The molecule has 0 heterocycles. The Bertz CT molecular complexity index is 701. The fraction of sp³-hybridized carbons (Fsp3) is 0.222. The van der Waals surface area contributed by atoms with Crippen LogP contribution >= 0.6 is 0 Å². The molecule has 0 unspecified atom stereocenters. The molecule has 0 aliphatic carbocycles. The summed E-state index contributed by atoms with van der Waals surface area (Å²) in [5, 5.41) is 5.37. The second-order valence-corrected chi connectivity index (χ2v) is 5.06. The second-order valence-electron chi connectivity index (χ2n) is 5.06. The molecule has 2 N–H and O–H groups in total. The van der Waals surface area contributed by atoms with Gasteiger partial charge >= 0.3 is 0 Å². The predicted molar refractivity (Wildman–Crippen MR) is 91.1 cm³/mol. The Kier molecular flexibility index (Phi) is 6.19. The third-order valence-corrected chi connectivity index (χ3v) is 3.32. The van der Waals surface area contributed by atoms with Crippen LogP contribution in [0.3, 0.4) is 0 Å². The molecule has 126 valence electrons. The summed E-state index contributed by atoms with van der Waals surface area (Å²) in [6.45, 7) is 0.392. The highest BCUT2D eigenvalue weighted by Crippen LogP contribution is 2.29. The van der Waals surface area contributed by atoms with Gasteiger partial charge in [0.1, 0.15) is 6.42 Å². The van der Waals surface area contributed by atoms with Gasteiger partial charge in [-0.05, 0) is 17.7 Å². The predicted octanol–water partition coefficient (Wildman–Crippen LogP) is 2.35. The number of carbonyl (C=O) groups is 2. The number of carbonyl (C=O) groups excluding carboxylic acids is 2. The topological polar surface area (TPSA) is 76.7 Å². The average Bonchev–Trinajstić information content (AvgIpc) is 2.60. The van der Waals surface area contributed by atoms with Gasteiger partial charge in [-0.3, -0.25) is 9.59 Å². The molecule has 2 aromatic rings. The van der Waals surface area contributed by atoms with Gasteiger partial charge in [-0.25, -0.2) is 0 Å². The average molecular weight is 328 g/mol. The van der Waals surface area contributed by atoms with Gasteiger partial charge < -0.3 is 20.1 Å². The Balaban J connectivity index is 1.85. The summed E-state index contributed by atoms with van der Waals surface area (Å²) in [7, 11) is 3.05. The molecule has 2 amide bonds. The Morgan fingerprint density at radius 3 is 2.29 bits per heavy atom. The van der Waals surface area contributed by atoms with E-state index in [4.69, 9.17) is 9.47 Å². The highest BCUT2D eigenvalue weighted by Gasteiger charge is 2.11. The molecule has 0 saturated carbocycles. The minimum atomic E-state index is -0.396. The Morgan fingerprint density at radius 2 is 1.62 bits per heavy atom. The van der Waals surface area contributed by atoms with E-state index in [1.54, 1.807) is 18.2 Å². The first kappa shape index (κ1) is 17.3. The molecule has 6 nitrogen and oxygen atoms in total. The molecule has 0 aliphatic rings. The molecule has 6 heteroatoms. The van der Waals surface area contributed by atoms with E-state index in [9.17, 15) is 9.59 Å². The fourth-order valence-electron chi connectivity index (χ4n) is 2.12. The molecule has 0 saturated heterocycles. The lowest BCUT2D eigenvalue weighted by Gasteiger charge is -2.10. The van der Waals surface area contributed by atoms with Crippen LogP contribution in [0.5, 0.6) is 11.5 Å². The molecule has 0 atom stereocenters. The molecule has 0 aliphatic heterocycles. The molecule has 0 bridgehead atoms. The van der Waals surface area contributed by atoms with E-state index in [0.29, 0.717) is 23.7 Å². The van der Waals surface area contributed by atoms with Crippen molar-refractivity contribution in [1.82, 2.24) is 5.32 Å². The molecule has 24 heavy (non-hydrogen) atoms. The van der Waals surface area contributed by atoms with Crippen molar-refractivity contribution < 1.29 is 19.1 Å². The van der Waals surface area contributed by atoms with Gasteiger partial charge in [0.2, 0.25) is 11.8 Å². The van der Waals surface area contributed by atoms with E-state index in [1.165, 1.54) is 14.2 Å². The lowest BCUT2D eigenvalue weighted by atomic mass is 10.2. The van der Waals surface area contributed by atoms with E-state index >= 15 is 0 Å². The monoisotopic (exact) mass is 328 g/mol. The lowest BCUT2D eigenvalue weighted by molar-refractivity contribution is -0.126. The van der Waals surface area contributed by atoms with Crippen LogP contribution in [0.1, 0.15) is 12.0 Å². The fourth-order valence-corrected chi connectivity index (χ4v) is 2.12. The molecule has 0 fully saturated rings. The first-order valence-corrected chi connectivity index (χ1v) is 7.45. The van der Waals surface area contributed by atoms with E-state index in [0.717, 1.165) is 5.56 Å². The quantitative estimate of drug-likeness (QED) is 0.765. The maximum absolute atomic E-state index is 11.9. The zero-order valence-electron chi connectivity index (χ0n) is 13.7. The van der Waals surface area contributed by atoms with Gasteiger partial charge in [-0.2, -0.15) is 0 Å². The minimum Gasteiger partial charge on any atom is -0.493 e. The largest absolute Gasteiger partial charge is 0.493 e. The number of anilines is 1. The normalized spacial score (nSPS) is 9.92. The van der Waals surface area contributed by atoms with Crippen LogP contribution in [-0.4, -0.2) is 26.0 Å². The zero-order chi connectivity index (χ0) is 17.4. The standard InChI is InChI=1S/C18H20N2O4/c1-23-15-9-8-14(10-16(15)24-2)20-18(22)11-17(21)19-12-13-6-4-3-5-7-13/h3-10H,11-12H2,1-2H3,(H,19,21)(H,20,22). The summed E-state index contributed by atoms with van der Waals surface area (Å²) in [4.78, 5) is 23.8. The van der Waals surface area contributed by atoms with Crippen LogP contribution in [0.15, 0.2) is 48.5 Å². The third kappa shape index (κ3) is 5.01. The number of rotatable bonds is 7. The number of amides is 2. The number of nitrogens with one attached hydrogen (secondary N) is 2. The van der Waals surface area contributed by atoms with E-state index in [1.807, 2.05) is 30.3 Å². The van der Waals surface area contributed by atoms with Crippen molar-refractivity contribution in [3.05, 3.63) is 54.1 Å². The summed E-state index contributed by atoms with van der Waals surface area (Å²) in [6, 6.07) is 14.5. The Hall–Kier alpha value is -3.02. The third-order valence-electron chi connectivity index (χ3n) is 3.32. The van der Waals surface area contributed by atoms with Crippen LogP contribution in [0, 0.1) is 0 Å². The SMILES string of the molecule is COc1ccc(NC(=O)CC(=O)NCc2ccccc2)cc1OC. The maximum atomic E-state index is 11.9. The molecular weight excluding hydrogens is 308 g/mol. The number of hydrogen-bond donors (Lipinski definition) is 2. The molecule has 2 rings (SSSR count). The van der Waals surface area contributed by atoms with Crippen molar-refractivity contribution in [3.8, 4) is 11.5 Å². The Morgan fingerprint density at radius 1 is 0.917 bits per heavy atom. The van der Waals surface area contributed by atoms with Gasteiger partial charge in [0, 0.05) is 18.3 Å². The van der Waals surface area contributed by atoms with Gasteiger partial charge in [0.25, 0.3) is 0 Å². The molecule has 2 aromatic carbocycles. The van der Waals surface area contributed by atoms with Crippen LogP contribution in [0.2, 0.25) is 0 Å². The lowest BCUT2D eigenvalue weighted by Crippen LogP contribution is -2.27. The second kappa shape index (κ2) is 8.57. The molecular formula is C18H20N2O4. The summed E-state index contributed by atoms with van der Waals surface area (Å²) in [5.41, 5.74) is 1.51. The number of hydrogen-bond acceptors (Lipinski definition) is 4. The number of ether oxygens (including phenoxy) is 2. The van der Waals surface area contributed by atoms with Crippen molar-refractivity contribution in [2.24, 2.45) is 0 Å². The minimum absolute atomic E-state index is 0.249. The molecule has 0 aromatic heterocycles. The van der Waals surface area contributed by atoms with Crippen LogP contribution in [0.25, 0.3) is 0 Å². The van der Waals surface area contributed by atoms with Crippen molar-refractivity contribution in [3.63, 3.8) is 0 Å². The zero-order valence-corrected chi connectivity index (χ0v) is 13.7. The highest BCUT2D eigenvalue weighted by molar-refractivity contribution is 6.03. The van der Waals surface area contributed by atoms with Gasteiger partial charge in [0.15, 0.2) is 11.5 Å². The summed E-state index contributed by atoms with van der Waals surface area (Å²) in [6.07, 6.45) is -0.249. The van der Waals surface area contributed by atoms with Crippen LogP contribution in [0.4, 0.5) is 5.69 Å². The maximum Gasteiger partial charge on any atom is 0.233 e. The summed E-state index contributed by atoms with van der Waals surface area (Å²) < 4.78 is 10.3. The molecule has 0 radical (unpaired) electrons. The van der Waals surface area contributed by atoms with Crippen molar-refractivity contribution in [2.75, 3.05) is 19.5 Å². The van der Waals surface area contributed by atoms with Crippen molar-refractivity contribution in [2.45, 2.75) is 13.0 Å². The van der Waals surface area contributed by atoms with Gasteiger partial charge in [-0.1, -0.05) is 30.3 Å². The van der Waals surface area contributed by atoms with Gasteiger partial charge in [-0.15, -0.1) is 0 Å². The number of benzene rings is 2. The number of methoxy groups -OCH3 is 2. The first-order valence-electron chi connectivity index (χ1n) is 7.45. The summed E-state index contributed by atoms with van der Waals surface area (Å²) in [5.74, 6) is 0.338. The van der Waals surface area contributed by atoms with E-state index in [-0.39, 0.29) is 12.3 Å². The van der Waals surface area contributed by atoms with Crippen molar-refractivity contribution in [1.29, 1.82) is 0 Å². The van der Waals surface area contributed by atoms with Crippen LogP contribution < -0.4 is 20.1 Å². The smallest absolute Gasteiger partial charge is 0.233 e. The van der Waals surface area contributed by atoms with Crippen molar-refractivity contribution >= 4 is 17.5 Å². The summed E-state index contributed by atoms with van der Waals surface area (Å²) >= 11 is 0. The van der Waals surface area contributed by atoms with E-state index < -0.39 is 5.91 Å². The first-order chi connectivity index (χ1) is 11.6. The highest BCUT2D eigenvalue weighted by atomic mass is 16.5. The Labute approximate surface area is 140 Å². The van der Waals surface area contributed by atoms with E-state index in [2.05, 4.69) is 10.6 Å².